The van der Waals surface area contributed by atoms with Crippen LogP contribution in [-0.2, 0) is 45.5 Å². The van der Waals surface area contributed by atoms with Crippen molar-refractivity contribution >= 4 is 19.8 Å². The van der Waals surface area contributed by atoms with Crippen molar-refractivity contribution in [3.63, 3.8) is 0 Å². The topological polar surface area (TPSA) is 145 Å². The number of carbonyl (C=O) groups is 2. The van der Waals surface area contributed by atoms with Crippen LogP contribution in [0.25, 0.3) is 0 Å². The maximum atomic E-state index is 12.7. The number of hydrogen-bond donors (Lipinski definition) is 1. The molecular weight excluding hydrogens is 757 g/mol. The van der Waals surface area contributed by atoms with E-state index in [1.165, 1.54) is 24.0 Å². The molecule has 58 heavy (non-hydrogen) atoms. The third-order valence-corrected chi connectivity index (χ3v) is 10.9. The molecule has 1 N–H and O–H groups in total. The van der Waals surface area contributed by atoms with E-state index in [4.69, 9.17) is 22.9 Å². The molecule has 12 heteroatoms. The zero-order valence-electron chi connectivity index (χ0n) is 37.3. The van der Waals surface area contributed by atoms with Gasteiger partial charge in [-0.05, 0) is 76.3 Å². The number of nitrogens with zero attached hydrogens (tertiary/aromatic N) is 1. The van der Waals surface area contributed by atoms with E-state index in [0.717, 1.165) is 101 Å². The van der Waals surface area contributed by atoms with Crippen molar-refractivity contribution in [2.45, 2.75) is 175 Å². The second-order valence-electron chi connectivity index (χ2n) is 16.5. The van der Waals surface area contributed by atoms with Crippen LogP contribution in [0.4, 0.5) is 0 Å². The Bertz CT molecular complexity index is 1380. The van der Waals surface area contributed by atoms with E-state index in [1.54, 1.807) is 6.08 Å². The van der Waals surface area contributed by atoms with E-state index in [1.807, 2.05) is 45.4 Å². The molecule has 3 atom stereocenters. The fourth-order valence-electron chi connectivity index (χ4n) is 6.21. The first-order valence-corrected chi connectivity index (χ1v) is 23.6. The monoisotopic (exact) mass is 838 g/mol. The minimum Gasteiger partial charge on any atom is -0.756 e. The highest BCUT2D eigenvalue weighted by Crippen LogP contribution is 2.38. The van der Waals surface area contributed by atoms with Crippen LogP contribution in [0.2, 0.25) is 0 Å². The summed E-state index contributed by atoms with van der Waals surface area (Å²) in [4.78, 5) is 37.6. The van der Waals surface area contributed by atoms with Crippen molar-refractivity contribution in [2.24, 2.45) is 0 Å². The number of carbonyl (C=O) groups excluding carboxylic acids is 2. The van der Waals surface area contributed by atoms with Crippen molar-refractivity contribution in [3.05, 3.63) is 59.1 Å². The average Bonchev–Trinajstić information content (AvgIpc) is 3.42. The summed E-state index contributed by atoms with van der Waals surface area (Å²) < 4.78 is 40.0. The van der Waals surface area contributed by atoms with E-state index in [-0.39, 0.29) is 26.1 Å². The molecule has 0 aliphatic heterocycles. The summed E-state index contributed by atoms with van der Waals surface area (Å²) in [5.74, 6) is 1.37. The summed E-state index contributed by atoms with van der Waals surface area (Å²) in [6.45, 7) is 8.18. The molecule has 0 spiro atoms. The summed E-state index contributed by atoms with van der Waals surface area (Å²) in [5, 5.41) is 9.89. The number of phosphoric acid groups is 1. The molecular formula is C46H80NO10P. The zero-order valence-corrected chi connectivity index (χ0v) is 38.2. The van der Waals surface area contributed by atoms with Gasteiger partial charge in [0, 0.05) is 25.7 Å². The fourth-order valence-corrected chi connectivity index (χ4v) is 6.94. The summed E-state index contributed by atoms with van der Waals surface area (Å²) in [7, 11) is 1.09. The van der Waals surface area contributed by atoms with Gasteiger partial charge < -0.3 is 37.4 Å². The molecule has 0 aliphatic carbocycles. The lowest BCUT2D eigenvalue weighted by molar-refractivity contribution is -0.870. The fraction of sp³-hybridized carbons (Fsp3) is 0.739. The van der Waals surface area contributed by atoms with Crippen LogP contribution in [0.5, 0.6) is 0 Å². The van der Waals surface area contributed by atoms with Crippen molar-refractivity contribution in [2.75, 3.05) is 47.5 Å². The minimum absolute atomic E-state index is 0.0521. The van der Waals surface area contributed by atoms with Gasteiger partial charge >= 0.3 is 11.9 Å². The number of phosphoric ester groups is 1. The molecule has 1 heterocycles. The van der Waals surface area contributed by atoms with E-state index < -0.39 is 38.6 Å². The van der Waals surface area contributed by atoms with Crippen LogP contribution in [0.15, 0.2) is 40.9 Å². The summed E-state index contributed by atoms with van der Waals surface area (Å²) in [6.07, 6.45) is 29.2. The van der Waals surface area contributed by atoms with Crippen molar-refractivity contribution in [3.8, 4) is 0 Å². The third-order valence-electron chi connectivity index (χ3n) is 9.93. The van der Waals surface area contributed by atoms with Gasteiger partial charge in [-0.2, -0.15) is 0 Å². The molecule has 0 aliphatic rings. The van der Waals surface area contributed by atoms with Gasteiger partial charge in [-0.3, -0.25) is 14.2 Å². The molecule has 0 bridgehead atoms. The lowest BCUT2D eigenvalue weighted by atomic mass is 10.0. The van der Waals surface area contributed by atoms with Gasteiger partial charge in [-0.25, -0.2) is 0 Å². The number of rotatable bonds is 36. The molecule has 1 aromatic rings. The maximum absolute atomic E-state index is 12.7. The van der Waals surface area contributed by atoms with Crippen LogP contribution < -0.4 is 4.89 Å². The molecule has 0 saturated carbocycles. The van der Waals surface area contributed by atoms with Gasteiger partial charge in [0.15, 0.2) is 6.10 Å². The Morgan fingerprint density at radius 3 is 1.97 bits per heavy atom. The largest absolute Gasteiger partial charge is 0.756 e. The number of ether oxygens (including phenoxy) is 2. The number of likely N-dealkylation sites (N-methyl/N-ethyl adjacent to an activating group) is 1. The maximum Gasteiger partial charge on any atom is 0.306 e. The first kappa shape index (κ1) is 53.5. The second-order valence-corrected chi connectivity index (χ2v) is 17.9. The third kappa shape index (κ3) is 28.8. The molecule has 1 rings (SSSR count). The van der Waals surface area contributed by atoms with Crippen LogP contribution in [0, 0.1) is 13.8 Å². The number of hydrogen-bond acceptors (Lipinski definition) is 10. The van der Waals surface area contributed by atoms with Crippen LogP contribution in [-0.4, -0.2) is 81.2 Å². The van der Waals surface area contributed by atoms with Crippen LogP contribution in [0.3, 0.4) is 0 Å². The first-order valence-electron chi connectivity index (χ1n) is 22.2. The van der Waals surface area contributed by atoms with Gasteiger partial charge in [0.25, 0.3) is 7.82 Å². The normalized spacial score (nSPS) is 14.4. The molecule has 0 amide bonds. The van der Waals surface area contributed by atoms with Gasteiger partial charge in [0.05, 0.1) is 33.9 Å². The minimum atomic E-state index is -4.66. The molecule has 1 aromatic heterocycles. The Kier molecular flexibility index (Phi) is 29.8. The van der Waals surface area contributed by atoms with E-state index in [2.05, 4.69) is 33.8 Å². The Morgan fingerprint density at radius 1 is 0.759 bits per heavy atom. The highest BCUT2D eigenvalue weighted by atomic mass is 31.2. The second kappa shape index (κ2) is 32.3. The lowest BCUT2D eigenvalue weighted by Crippen LogP contribution is -2.37. The number of esters is 2. The lowest BCUT2D eigenvalue weighted by Gasteiger charge is -2.28. The average molecular weight is 838 g/mol. The number of allylic oxidation sites excluding steroid dienone is 4. The summed E-state index contributed by atoms with van der Waals surface area (Å²) in [6, 6.07) is 0. The predicted molar refractivity (Wildman–Crippen MR) is 231 cm³/mol. The van der Waals surface area contributed by atoms with E-state index in [0.29, 0.717) is 30.3 Å². The molecule has 11 nitrogen and oxygen atoms in total. The van der Waals surface area contributed by atoms with Gasteiger partial charge in [-0.15, -0.1) is 0 Å². The number of aliphatic hydroxyl groups excluding tert-OH is 1. The molecule has 0 radical (unpaired) electrons. The van der Waals surface area contributed by atoms with Crippen molar-refractivity contribution in [1.29, 1.82) is 0 Å². The molecule has 0 saturated heterocycles. The summed E-state index contributed by atoms with van der Waals surface area (Å²) in [5.41, 5.74) is 2.62. The van der Waals surface area contributed by atoms with Gasteiger partial charge in [-0.1, -0.05) is 108 Å². The number of aliphatic hydroxyl groups is 1. The van der Waals surface area contributed by atoms with Crippen molar-refractivity contribution in [1.82, 2.24) is 0 Å². The van der Waals surface area contributed by atoms with Crippen LogP contribution in [0.1, 0.15) is 158 Å². The van der Waals surface area contributed by atoms with Gasteiger partial charge in [0.2, 0.25) is 0 Å². The Labute approximate surface area is 351 Å². The van der Waals surface area contributed by atoms with E-state index >= 15 is 0 Å². The number of furan rings is 1. The molecule has 0 fully saturated rings. The Hall–Kier alpha value is -2.53. The number of quaternary nitrogens is 1. The molecule has 0 aromatic carbocycles. The molecule has 334 valence electrons. The highest BCUT2D eigenvalue weighted by molar-refractivity contribution is 7.45. The highest BCUT2D eigenvalue weighted by Gasteiger charge is 2.22. The Morgan fingerprint density at radius 2 is 1.34 bits per heavy atom. The van der Waals surface area contributed by atoms with Gasteiger partial charge in [0.1, 0.15) is 31.3 Å². The smallest absolute Gasteiger partial charge is 0.306 e. The Balaban J connectivity index is 2.36. The first-order chi connectivity index (χ1) is 27.7. The number of unbranched alkanes of at least 4 members (excludes halogenated alkanes) is 12. The zero-order chi connectivity index (χ0) is 43.1. The molecule has 2 unspecified atom stereocenters. The van der Waals surface area contributed by atoms with Crippen molar-refractivity contribution < 1.29 is 51.6 Å². The summed E-state index contributed by atoms with van der Waals surface area (Å²) >= 11 is 0. The number of aryl methyl sites for hydroxylation is 2. The quantitative estimate of drug-likeness (QED) is 0.0173. The predicted octanol–water partition coefficient (Wildman–Crippen LogP) is 10.1. The van der Waals surface area contributed by atoms with E-state index in [9.17, 15) is 24.2 Å². The van der Waals surface area contributed by atoms with Crippen LogP contribution >= 0.6 is 7.82 Å². The standard InChI is InChI=1S/C46H80NO10P/c1-8-10-24-30-41(48)31-25-20-16-12-11-13-19-23-28-34-46(50)56-42(38-55-58(51,52)54-36-35-47(5,6)7)37-53-45(49)33-27-22-18-15-14-17-21-26-32-44-40(4)39(3)43(57-44)29-9-2/h10,16,20,24-25,31,41-42,48H,8-9,11-15,17-19,21-23,26-30,32-38H2,1-7H3/b20-16+,24-10+,31-25+/t41?,42-/m1/s1. The SMILES string of the molecule is CC/C=C/CC(O)/C=C/C=C/CCCCCCCC(=O)O[C@H](COC(=O)CCCCCCCCCCc1oc(CCC)c(C)c1C)COP(=O)([O-])OCC[N+](C)(C)C.